The summed E-state index contributed by atoms with van der Waals surface area (Å²) in [7, 11) is 0. The Labute approximate surface area is 155 Å². The number of hydrogen-bond acceptors (Lipinski definition) is 2. The van der Waals surface area contributed by atoms with E-state index in [9.17, 15) is 4.79 Å². The van der Waals surface area contributed by atoms with E-state index in [2.05, 4.69) is 0 Å². The van der Waals surface area contributed by atoms with Crippen molar-refractivity contribution in [3.8, 4) is 11.1 Å². The van der Waals surface area contributed by atoms with Crippen molar-refractivity contribution >= 4 is 11.7 Å². The van der Waals surface area contributed by atoms with E-state index in [-0.39, 0.29) is 12.2 Å². The first kappa shape index (κ1) is 21.2. The highest BCUT2D eigenvalue weighted by atomic mass is 16.4. The number of carbonyl (C=O) groups is 1. The van der Waals surface area contributed by atoms with E-state index in [1.165, 1.54) is 0 Å². The van der Waals surface area contributed by atoms with Gasteiger partial charge in [-0.3, -0.25) is 0 Å². The topological polar surface area (TPSA) is 62.5 Å². The van der Waals surface area contributed by atoms with E-state index in [1.807, 2.05) is 75.0 Å². The van der Waals surface area contributed by atoms with E-state index in [0.717, 1.165) is 22.4 Å². The minimum atomic E-state index is -0.927. The predicted molar refractivity (Wildman–Crippen MR) is 108 cm³/mol. The fourth-order valence-electron chi connectivity index (χ4n) is 2.21. The first-order chi connectivity index (χ1) is 12.5. The van der Waals surface area contributed by atoms with Crippen molar-refractivity contribution in [2.24, 2.45) is 0 Å². The third-order valence-electron chi connectivity index (χ3n) is 3.58. The number of benzene rings is 1. The first-order valence-corrected chi connectivity index (χ1v) is 8.68. The Balaban J connectivity index is 0.00000163. The zero-order chi connectivity index (χ0) is 19.5. The number of carboxylic acids is 1. The Hall–Kier alpha value is -2.85. The minimum Gasteiger partial charge on any atom is -0.478 e. The summed E-state index contributed by atoms with van der Waals surface area (Å²) in [5, 5.41) is 18.1. The van der Waals surface area contributed by atoms with Crippen molar-refractivity contribution in [3.63, 3.8) is 0 Å². The number of carboxylic acid groups (broad SMARTS) is 1. The van der Waals surface area contributed by atoms with Gasteiger partial charge >= 0.3 is 5.97 Å². The van der Waals surface area contributed by atoms with Gasteiger partial charge in [-0.2, -0.15) is 0 Å². The molecule has 26 heavy (non-hydrogen) atoms. The molecule has 1 aromatic carbocycles. The Morgan fingerprint density at radius 3 is 2.27 bits per heavy atom. The summed E-state index contributed by atoms with van der Waals surface area (Å²) in [6, 6.07) is 8.79. The molecule has 0 amide bonds. The van der Waals surface area contributed by atoms with Gasteiger partial charge in [0.1, 0.15) is 0 Å². The van der Waals surface area contributed by atoms with Crippen molar-refractivity contribution in [1.82, 2.24) is 4.57 Å². The quantitative estimate of drug-likeness (QED) is 0.699. The molecule has 4 nitrogen and oxygen atoms in total. The lowest BCUT2D eigenvalue weighted by atomic mass is 10.1. The van der Waals surface area contributed by atoms with E-state index >= 15 is 0 Å². The number of nitrogens with zero attached hydrogens (tertiary/aromatic N) is 1. The fourth-order valence-corrected chi connectivity index (χ4v) is 2.21. The number of hydrogen-bond donors (Lipinski definition) is 2. The maximum atomic E-state index is 10.9. The Bertz CT molecular complexity index is 793. The largest absolute Gasteiger partial charge is 0.478 e. The van der Waals surface area contributed by atoms with Crippen molar-refractivity contribution in [2.75, 3.05) is 6.61 Å². The molecule has 1 aromatic heterocycles. The van der Waals surface area contributed by atoms with Crippen LogP contribution in [0.2, 0.25) is 0 Å². The van der Waals surface area contributed by atoms with Crippen LogP contribution < -0.4 is 0 Å². The van der Waals surface area contributed by atoms with Gasteiger partial charge in [0.15, 0.2) is 0 Å². The molecule has 138 valence electrons. The van der Waals surface area contributed by atoms with Gasteiger partial charge < -0.3 is 14.8 Å². The van der Waals surface area contributed by atoms with Crippen LogP contribution >= 0.6 is 0 Å². The normalized spacial score (nSPS) is 12.0. The van der Waals surface area contributed by atoms with Crippen LogP contribution in [-0.2, 0) is 0 Å². The second kappa shape index (κ2) is 10.9. The average Bonchev–Trinajstić information content (AvgIpc) is 3.16. The molecular formula is C22H27NO3. The third-order valence-corrected chi connectivity index (χ3v) is 3.58. The molecule has 2 rings (SSSR count). The van der Waals surface area contributed by atoms with Crippen molar-refractivity contribution in [3.05, 3.63) is 78.2 Å². The number of aromatic nitrogens is 1. The molecule has 0 saturated carbocycles. The molecular weight excluding hydrogens is 326 g/mol. The van der Waals surface area contributed by atoms with E-state index < -0.39 is 5.97 Å². The Morgan fingerprint density at radius 1 is 1.08 bits per heavy atom. The standard InChI is InChI=1S/C20H21NO3.C2H6/c1-3-4-19(10-5-15(2)14-22)21-12-11-18(13-21)16-6-8-17(9-7-16)20(23)24;1-2/h3-13,22H,14H2,1-2H3,(H,23,24);1-2H3/b4-3-,15-5+,19-10+;. The summed E-state index contributed by atoms with van der Waals surface area (Å²) < 4.78 is 1.99. The maximum Gasteiger partial charge on any atom is 0.335 e. The van der Waals surface area contributed by atoms with E-state index in [0.29, 0.717) is 0 Å². The van der Waals surface area contributed by atoms with Gasteiger partial charge in [-0.25, -0.2) is 4.79 Å². The molecule has 1 heterocycles. The SMILES string of the molecule is CC.C\C=C/C(=C\C=C(/C)CO)n1ccc(-c2ccc(C(=O)O)cc2)c1. The molecule has 2 N–H and O–H groups in total. The van der Waals surface area contributed by atoms with E-state index in [1.54, 1.807) is 24.3 Å². The van der Waals surface area contributed by atoms with Gasteiger partial charge in [0.25, 0.3) is 0 Å². The number of aromatic carboxylic acids is 1. The summed E-state index contributed by atoms with van der Waals surface area (Å²) in [6.45, 7) is 7.85. The molecule has 0 radical (unpaired) electrons. The van der Waals surface area contributed by atoms with Crippen molar-refractivity contribution in [1.29, 1.82) is 0 Å². The fraction of sp³-hybridized carbons (Fsp3) is 0.227. The van der Waals surface area contributed by atoms with Crippen LogP contribution in [0.15, 0.2) is 72.6 Å². The second-order valence-corrected chi connectivity index (χ2v) is 5.45. The average molecular weight is 353 g/mol. The Kier molecular flexibility index (Phi) is 8.88. The minimum absolute atomic E-state index is 0.0342. The lowest BCUT2D eigenvalue weighted by molar-refractivity contribution is 0.0697. The zero-order valence-electron chi connectivity index (χ0n) is 15.8. The van der Waals surface area contributed by atoms with Crippen LogP contribution in [0.25, 0.3) is 16.8 Å². The molecule has 4 heteroatoms. The number of aliphatic hydroxyl groups is 1. The maximum absolute atomic E-state index is 10.9. The molecule has 0 saturated heterocycles. The molecule has 0 aliphatic rings. The van der Waals surface area contributed by atoms with Gasteiger partial charge in [-0.05, 0) is 60.9 Å². The van der Waals surface area contributed by atoms with Crippen LogP contribution in [0.1, 0.15) is 38.1 Å². The zero-order valence-corrected chi connectivity index (χ0v) is 15.8. The monoisotopic (exact) mass is 353 g/mol. The third kappa shape index (κ3) is 5.90. The summed E-state index contributed by atoms with van der Waals surface area (Å²) in [4.78, 5) is 10.9. The van der Waals surface area contributed by atoms with Crippen LogP contribution in [-0.4, -0.2) is 27.4 Å². The number of allylic oxidation sites excluding steroid dienone is 5. The summed E-state index contributed by atoms with van der Waals surface area (Å²) in [5.41, 5.74) is 4.09. The summed E-state index contributed by atoms with van der Waals surface area (Å²) in [6.07, 6.45) is 11.7. The highest BCUT2D eigenvalue weighted by Gasteiger charge is 2.05. The van der Waals surface area contributed by atoms with Crippen LogP contribution in [0.3, 0.4) is 0 Å². The molecule has 0 spiro atoms. The highest BCUT2D eigenvalue weighted by Crippen LogP contribution is 2.22. The van der Waals surface area contributed by atoms with Crippen molar-refractivity contribution < 1.29 is 15.0 Å². The van der Waals surface area contributed by atoms with E-state index in [4.69, 9.17) is 10.2 Å². The van der Waals surface area contributed by atoms with Gasteiger partial charge in [0, 0.05) is 18.1 Å². The molecule has 0 unspecified atom stereocenters. The molecule has 0 bridgehead atoms. The van der Waals surface area contributed by atoms with Crippen LogP contribution in [0.4, 0.5) is 0 Å². The molecule has 2 aromatic rings. The number of rotatable bonds is 6. The molecule has 0 atom stereocenters. The van der Waals surface area contributed by atoms with Crippen LogP contribution in [0, 0.1) is 0 Å². The smallest absolute Gasteiger partial charge is 0.335 e. The van der Waals surface area contributed by atoms with Crippen LogP contribution in [0.5, 0.6) is 0 Å². The summed E-state index contributed by atoms with van der Waals surface area (Å²) in [5.74, 6) is -0.927. The second-order valence-electron chi connectivity index (χ2n) is 5.45. The first-order valence-electron chi connectivity index (χ1n) is 8.68. The molecule has 0 fully saturated rings. The predicted octanol–water partition coefficient (Wildman–Crippen LogP) is 5.24. The van der Waals surface area contributed by atoms with Gasteiger partial charge in [0.05, 0.1) is 12.2 Å². The molecule has 0 aliphatic heterocycles. The van der Waals surface area contributed by atoms with Crippen molar-refractivity contribution in [2.45, 2.75) is 27.7 Å². The highest BCUT2D eigenvalue weighted by molar-refractivity contribution is 5.88. The lowest BCUT2D eigenvalue weighted by Gasteiger charge is -2.04. The molecule has 0 aliphatic carbocycles. The summed E-state index contributed by atoms with van der Waals surface area (Å²) >= 11 is 0. The van der Waals surface area contributed by atoms with Gasteiger partial charge in [-0.15, -0.1) is 0 Å². The number of aliphatic hydroxyl groups excluding tert-OH is 1. The lowest BCUT2D eigenvalue weighted by Crippen LogP contribution is -1.94. The van der Waals surface area contributed by atoms with Gasteiger partial charge in [0.2, 0.25) is 0 Å². The Morgan fingerprint density at radius 2 is 1.73 bits per heavy atom. The van der Waals surface area contributed by atoms with Gasteiger partial charge in [-0.1, -0.05) is 38.1 Å².